The van der Waals surface area contributed by atoms with E-state index < -0.39 is 10.0 Å². The van der Waals surface area contributed by atoms with E-state index >= 15 is 0 Å². The molecule has 152 valence electrons. The summed E-state index contributed by atoms with van der Waals surface area (Å²) in [7, 11) is -3.79. The van der Waals surface area contributed by atoms with E-state index in [1.807, 2.05) is 31.2 Å². The number of halogens is 1. The van der Waals surface area contributed by atoms with E-state index in [0.29, 0.717) is 22.3 Å². The van der Waals surface area contributed by atoms with Gasteiger partial charge in [0.1, 0.15) is 9.37 Å². The van der Waals surface area contributed by atoms with E-state index in [1.165, 1.54) is 11.3 Å². The summed E-state index contributed by atoms with van der Waals surface area (Å²) in [6, 6.07) is 5.44. The Labute approximate surface area is 180 Å². The second-order valence-corrected chi connectivity index (χ2v) is 9.84. The van der Waals surface area contributed by atoms with Crippen molar-refractivity contribution in [2.75, 3.05) is 11.5 Å². The van der Waals surface area contributed by atoms with Gasteiger partial charge < -0.3 is 14.0 Å². The average Bonchev–Trinajstić information content (AvgIpc) is 3.39. The molecule has 7 nitrogen and oxygen atoms in total. The highest BCUT2D eigenvalue weighted by atomic mass is 79.9. The first-order valence-electron chi connectivity index (χ1n) is 8.63. The molecular formula is C19H17BrN2O5S2. The highest BCUT2D eigenvalue weighted by Crippen LogP contribution is 2.35. The van der Waals surface area contributed by atoms with Crippen LogP contribution in [0.5, 0.6) is 11.5 Å². The molecule has 0 atom stereocenters. The van der Waals surface area contributed by atoms with E-state index in [1.54, 1.807) is 18.4 Å². The molecular weight excluding hydrogens is 480 g/mol. The van der Waals surface area contributed by atoms with E-state index in [4.69, 9.17) is 14.0 Å². The molecule has 0 saturated carbocycles. The molecule has 1 aromatic carbocycles. The van der Waals surface area contributed by atoms with Gasteiger partial charge in [-0.2, -0.15) is 0 Å². The summed E-state index contributed by atoms with van der Waals surface area (Å²) in [5.41, 5.74) is 2.61. The molecule has 0 radical (unpaired) electrons. The van der Waals surface area contributed by atoms with Crippen LogP contribution in [0.3, 0.4) is 0 Å². The van der Waals surface area contributed by atoms with Gasteiger partial charge in [0.25, 0.3) is 15.9 Å². The summed E-state index contributed by atoms with van der Waals surface area (Å²) in [5.74, 6) is 1.52. The minimum absolute atomic E-state index is 0.0613. The van der Waals surface area contributed by atoms with Crippen LogP contribution in [-0.4, -0.2) is 20.4 Å². The molecule has 0 aliphatic carbocycles. The number of hydrogen-bond donors (Lipinski definition) is 1. The van der Waals surface area contributed by atoms with Gasteiger partial charge in [0, 0.05) is 11.3 Å². The molecule has 2 aromatic heterocycles. The summed E-state index contributed by atoms with van der Waals surface area (Å²) in [6.07, 6.45) is 4.36. The molecule has 0 bridgehead atoms. The van der Waals surface area contributed by atoms with Crippen molar-refractivity contribution in [2.45, 2.75) is 25.2 Å². The molecule has 3 aromatic rings. The Hall–Kier alpha value is -2.30. The molecule has 0 fully saturated rings. The van der Waals surface area contributed by atoms with Crippen LogP contribution >= 0.6 is 27.3 Å². The number of sulfonamides is 1. The summed E-state index contributed by atoms with van der Waals surface area (Å²) in [5, 5.41) is 5.50. The summed E-state index contributed by atoms with van der Waals surface area (Å²) in [6.45, 7) is 3.93. The van der Waals surface area contributed by atoms with Crippen LogP contribution < -0.4 is 14.2 Å². The van der Waals surface area contributed by atoms with Crippen molar-refractivity contribution in [3.63, 3.8) is 0 Å². The first kappa shape index (κ1) is 20.0. The van der Waals surface area contributed by atoms with Crippen LogP contribution in [0.2, 0.25) is 0 Å². The fourth-order valence-electron chi connectivity index (χ4n) is 2.85. The maximum Gasteiger partial charge on any atom is 0.265 e. The predicted molar refractivity (Wildman–Crippen MR) is 114 cm³/mol. The minimum atomic E-state index is -3.79. The molecule has 0 spiro atoms. The lowest BCUT2D eigenvalue weighted by Crippen LogP contribution is -2.13. The van der Waals surface area contributed by atoms with Crippen LogP contribution in [0, 0.1) is 13.8 Å². The number of allylic oxidation sites excluding steroid dienone is 1. The van der Waals surface area contributed by atoms with Crippen LogP contribution in [-0.2, 0) is 16.4 Å². The molecule has 3 heterocycles. The normalized spacial score (nSPS) is 13.3. The fourth-order valence-corrected chi connectivity index (χ4v) is 5.65. The predicted octanol–water partition coefficient (Wildman–Crippen LogP) is 4.90. The van der Waals surface area contributed by atoms with Gasteiger partial charge in [-0.25, -0.2) is 13.1 Å². The Morgan fingerprint density at radius 1 is 1.28 bits per heavy atom. The number of nitrogens with zero attached hydrogens (tertiary/aromatic N) is 1. The number of aromatic nitrogens is 1. The fraction of sp³-hybridized carbons (Fsp3) is 0.211. The zero-order valence-corrected chi connectivity index (χ0v) is 18.8. The lowest BCUT2D eigenvalue weighted by molar-refractivity contribution is 0.174. The second kappa shape index (κ2) is 7.85. The van der Waals surface area contributed by atoms with Gasteiger partial charge in [0.15, 0.2) is 11.5 Å². The van der Waals surface area contributed by atoms with E-state index in [-0.39, 0.29) is 17.6 Å². The zero-order chi connectivity index (χ0) is 20.6. The Balaban J connectivity index is 1.52. The van der Waals surface area contributed by atoms with Gasteiger partial charge in [-0.3, -0.25) is 0 Å². The Kier molecular flexibility index (Phi) is 5.41. The number of nitrogens with one attached hydrogen (secondary N) is 1. The molecule has 1 aliphatic rings. The molecule has 1 N–H and O–H groups in total. The Morgan fingerprint density at radius 3 is 2.76 bits per heavy atom. The minimum Gasteiger partial charge on any atom is -0.454 e. The highest BCUT2D eigenvalue weighted by Gasteiger charge is 2.23. The third kappa shape index (κ3) is 4.05. The summed E-state index contributed by atoms with van der Waals surface area (Å²) >= 11 is 4.65. The van der Waals surface area contributed by atoms with Crippen molar-refractivity contribution in [1.29, 1.82) is 0 Å². The number of hydrogen-bond acceptors (Lipinski definition) is 7. The first-order valence-corrected chi connectivity index (χ1v) is 11.8. The number of fused-ring (bicyclic) bond motifs is 1. The Morgan fingerprint density at radius 2 is 2.03 bits per heavy atom. The van der Waals surface area contributed by atoms with Crippen molar-refractivity contribution >= 4 is 49.3 Å². The topological polar surface area (TPSA) is 90.7 Å². The highest BCUT2D eigenvalue weighted by molar-refractivity contribution is 9.10. The lowest BCUT2D eigenvalue weighted by atomic mass is 10.1. The first-order chi connectivity index (χ1) is 13.8. The standard InChI is InChI=1S/C19H17BrN2O5S2/c1-11-8-14-15(26-10-25-14)9-13(11)4-3-5-16-17(6-7-28-16)29(23,24)22-19-18(20)12(2)21-27-19/h3-4,6-9,22H,5,10H2,1-2H3/b4-3+. The summed E-state index contributed by atoms with van der Waals surface area (Å²) < 4.78 is 44.3. The van der Waals surface area contributed by atoms with Crippen LogP contribution in [0.25, 0.3) is 6.08 Å². The number of benzene rings is 1. The second-order valence-electron chi connectivity index (χ2n) is 6.39. The number of aryl methyl sites for hydroxylation is 2. The van der Waals surface area contributed by atoms with Crippen molar-refractivity contribution in [3.05, 3.63) is 55.8 Å². The smallest absolute Gasteiger partial charge is 0.265 e. The van der Waals surface area contributed by atoms with Gasteiger partial charge in [0.2, 0.25) is 6.79 Å². The van der Waals surface area contributed by atoms with Gasteiger partial charge in [-0.15, -0.1) is 11.3 Å². The van der Waals surface area contributed by atoms with Crippen molar-refractivity contribution in [3.8, 4) is 11.5 Å². The third-order valence-corrected chi connectivity index (χ3v) is 7.80. The van der Waals surface area contributed by atoms with Gasteiger partial charge >= 0.3 is 0 Å². The SMILES string of the molecule is Cc1cc2c(cc1/C=C/Cc1sccc1S(=O)(=O)Nc1onc(C)c1Br)OCO2. The number of thiophene rings is 1. The maximum atomic E-state index is 12.8. The monoisotopic (exact) mass is 496 g/mol. The molecule has 0 unspecified atom stereocenters. The number of rotatable bonds is 6. The van der Waals surface area contributed by atoms with Crippen molar-refractivity contribution in [2.24, 2.45) is 0 Å². The van der Waals surface area contributed by atoms with E-state index in [0.717, 1.165) is 21.8 Å². The van der Waals surface area contributed by atoms with Crippen molar-refractivity contribution in [1.82, 2.24) is 5.16 Å². The van der Waals surface area contributed by atoms with Crippen LogP contribution in [0.15, 0.2) is 43.5 Å². The Bertz CT molecular complexity index is 1200. The molecule has 0 saturated heterocycles. The third-order valence-electron chi connectivity index (χ3n) is 4.37. The largest absolute Gasteiger partial charge is 0.454 e. The molecule has 29 heavy (non-hydrogen) atoms. The van der Waals surface area contributed by atoms with Crippen LogP contribution in [0.1, 0.15) is 21.7 Å². The van der Waals surface area contributed by atoms with E-state index in [9.17, 15) is 8.42 Å². The van der Waals surface area contributed by atoms with Gasteiger partial charge in [0.05, 0.1) is 5.69 Å². The molecule has 10 heteroatoms. The molecule has 4 rings (SSSR count). The quantitative estimate of drug-likeness (QED) is 0.521. The number of ether oxygens (including phenoxy) is 2. The summed E-state index contributed by atoms with van der Waals surface area (Å²) in [4.78, 5) is 0.940. The zero-order valence-electron chi connectivity index (χ0n) is 15.6. The van der Waals surface area contributed by atoms with Crippen LogP contribution in [0.4, 0.5) is 5.88 Å². The van der Waals surface area contributed by atoms with Gasteiger partial charge in [-0.05, 0) is 64.5 Å². The lowest BCUT2D eigenvalue weighted by Gasteiger charge is -2.06. The maximum absolute atomic E-state index is 12.8. The molecule has 0 amide bonds. The van der Waals surface area contributed by atoms with Gasteiger partial charge in [-0.1, -0.05) is 17.3 Å². The average molecular weight is 497 g/mol. The molecule has 1 aliphatic heterocycles. The number of anilines is 1. The van der Waals surface area contributed by atoms with Crippen molar-refractivity contribution < 1.29 is 22.4 Å². The van der Waals surface area contributed by atoms with E-state index in [2.05, 4.69) is 25.8 Å².